The molecule has 1 N–H and O–H groups in total. The number of nitrogens with one attached hydrogen (secondary N) is 1. The second-order valence-electron chi connectivity index (χ2n) is 4.58. The minimum atomic E-state index is -0.459. The van der Waals surface area contributed by atoms with Crippen LogP contribution in [0.25, 0.3) is 11.1 Å². The normalized spacial score (nSPS) is 12.4. The lowest BCUT2D eigenvalue weighted by Crippen LogP contribution is -2.09. The van der Waals surface area contributed by atoms with Crippen molar-refractivity contribution in [3.05, 3.63) is 44.9 Å². The van der Waals surface area contributed by atoms with E-state index in [2.05, 4.69) is 22.2 Å². The molecule has 3 aromatic rings. The summed E-state index contributed by atoms with van der Waals surface area (Å²) >= 11 is 1.60. The first kappa shape index (κ1) is 13.5. The summed E-state index contributed by atoms with van der Waals surface area (Å²) in [5, 5.41) is 16.8. The highest BCUT2D eigenvalue weighted by molar-refractivity contribution is 7.09. The van der Waals surface area contributed by atoms with E-state index in [1.807, 2.05) is 5.38 Å². The molecule has 0 aliphatic rings. The van der Waals surface area contributed by atoms with Gasteiger partial charge in [0.15, 0.2) is 5.58 Å². The molecule has 1 unspecified atom stereocenters. The average molecular weight is 304 g/mol. The highest BCUT2D eigenvalue weighted by Crippen LogP contribution is 2.24. The maximum Gasteiger partial charge on any atom is 0.295 e. The summed E-state index contributed by atoms with van der Waals surface area (Å²) in [7, 11) is 0. The first-order valence-electron chi connectivity index (χ1n) is 6.32. The minimum Gasteiger partial charge on any atom is -0.423 e. The van der Waals surface area contributed by atoms with Gasteiger partial charge in [0.05, 0.1) is 16.0 Å². The van der Waals surface area contributed by atoms with E-state index in [9.17, 15) is 10.1 Å². The number of anilines is 1. The predicted octanol–water partition coefficient (Wildman–Crippen LogP) is 3.41. The predicted molar refractivity (Wildman–Crippen MR) is 79.7 cm³/mol. The first-order chi connectivity index (χ1) is 10.1. The molecule has 0 saturated carbocycles. The fourth-order valence-electron chi connectivity index (χ4n) is 1.91. The van der Waals surface area contributed by atoms with Crippen LogP contribution in [0.3, 0.4) is 0 Å². The Hall–Kier alpha value is -2.48. The summed E-state index contributed by atoms with van der Waals surface area (Å²) in [5.41, 5.74) is 0.972. The summed E-state index contributed by atoms with van der Waals surface area (Å²) < 4.78 is 5.48. The van der Waals surface area contributed by atoms with Crippen LogP contribution >= 0.6 is 11.3 Å². The van der Waals surface area contributed by atoms with E-state index >= 15 is 0 Å². The molecule has 7 nitrogen and oxygen atoms in total. The fourth-order valence-corrected chi connectivity index (χ4v) is 2.61. The number of aromatic nitrogens is 2. The van der Waals surface area contributed by atoms with Crippen LogP contribution in [0.5, 0.6) is 0 Å². The van der Waals surface area contributed by atoms with Gasteiger partial charge in [-0.25, -0.2) is 4.98 Å². The fraction of sp³-hybridized carbons (Fsp3) is 0.231. The summed E-state index contributed by atoms with van der Waals surface area (Å²) in [6.45, 7) is 2.68. The number of nitrogens with zero attached hydrogens (tertiary/aromatic N) is 3. The Morgan fingerprint density at radius 3 is 3.10 bits per heavy atom. The third-order valence-corrected chi connectivity index (χ3v) is 4.02. The standard InChI is InChI=1S/C13H12N4O3S/c1-8(12-14-4-5-21-12)7-15-13-16-10-3-2-9(17(18)19)6-11(10)20-13/h2-6,8H,7H2,1H3,(H,15,16). The lowest BCUT2D eigenvalue weighted by atomic mass is 10.2. The van der Waals surface area contributed by atoms with E-state index in [-0.39, 0.29) is 11.6 Å². The highest BCUT2D eigenvalue weighted by atomic mass is 32.1. The molecular formula is C13H12N4O3S. The number of hydrogen-bond acceptors (Lipinski definition) is 7. The van der Waals surface area contributed by atoms with Gasteiger partial charge in [0.2, 0.25) is 0 Å². The molecule has 2 aromatic heterocycles. The zero-order valence-electron chi connectivity index (χ0n) is 11.1. The summed E-state index contributed by atoms with van der Waals surface area (Å²) in [5.74, 6) is 0.231. The quantitative estimate of drug-likeness (QED) is 0.573. The Bertz CT molecular complexity index is 769. The lowest BCUT2D eigenvalue weighted by Gasteiger charge is -2.07. The number of benzene rings is 1. The summed E-state index contributed by atoms with van der Waals surface area (Å²) in [4.78, 5) is 18.8. The van der Waals surface area contributed by atoms with E-state index in [4.69, 9.17) is 4.42 Å². The number of hydrogen-bond donors (Lipinski definition) is 1. The van der Waals surface area contributed by atoms with Crippen molar-refractivity contribution in [1.29, 1.82) is 0 Å². The number of thiazole rings is 1. The van der Waals surface area contributed by atoms with Crippen molar-refractivity contribution in [3.8, 4) is 0 Å². The van der Waals surface area contributed by atoms with Crippen LogP contribution < -0.4 is 5.32 Å². The maximum absolute atomic E-state index is 10.7. The Morgan fingerprint density at radius 1 is 1.52 bits per heavy atom. The number of nitro benzene ring substituents is 1. The van der Waals surface area contributed by atoms with Crippen LogP contribution in [0, 0.1) is 10.1 Å². The molecule has 1 aromatic carbocycles. The van der Waals surface area contributed by atoms with Gasteiger partial charge in [0.1, 0.15) is 5.52 Å². The van der Waals surface area contributed by atoms with E-state index in [1.165, 1.54) is 12.1 Å². The molecule has 108 valence electrons. The Morgan fingerprint density at radius 2 is 2.38 bits per heavy atom. The van der Waals surface area contributed by atoms with Crippen LogP contribution in [-0.2, 0) is 0 Å². The molecular weight excluding hydrogens is 292 g/mol. The molecule has 2 heterocycles. The van der Waals surface area contributed by atoms with Gasteiger partial charge < -0.3 is 9.73 Å². The van der Waals surface area contributed by atoms with Crippen molar-refractivity contribution >= 4 is 34.1 Å². The van der Waals surface area contributed by atoms with Gasteiger partial charge in [-0.05, 0) is 6.07 Å². The molecule has 0 fully saturated rings. The minimum absolute atomic E-state index is 0.0126. The SMILES string of the molecule is CC(CNc1nc2ccc([N+](=O)[O-])cc2o1)c1nccs1. The van der Waals surface area contributed by atoms with Crippen molar-refractivity contribution in [2.75, 3.05) is 11.9 Å². The number of rotatable bonds is 5. The zero-order valence-corrected chi connectivity index (χ0v) is 12.0. The Labute approximate surface area is 123 Å². The number of non-ortho nitro benzene ring substituents is 1. The van der Waals surface area contributed by atoms with Crippen molar-refractivity contribution < 1.29 is 9.34 Å². The van der Waals surface area contributed by atoms with E-state index in [0.29, 0.717) is 23.7 Å². The van der Waals surface area contributed by atoms with Crippen LogP contribution in [0.15, 0.2) is 34.2 Å². The summed E-state index contributed by atoms with van der Waals surface area (Å²) in [6, 6.07) is 4.71. The molecule has 1 atom stereocenters. The second kappa shape index (κ2) is 5.49. The van der Waals surface area contributed by atoms with Crippen LogP contribution in [0.1, 0.15) is 17.8 Å². The van der Waals surface area contributed by atoms with Crippen LogP contribution in [-0.4, -0.2) is 21.4 Å². The van der Waals surface area contributed by atoms with E-state index < -0.39 is 4.92 Å². The van der Waals surface area contributed by atoms with Gasteiger partial charge in [0, 0.05) is 30.1 Å². The molecule has 8 heteroatoms. The average Bonchev–Trinajstić information content (AvgIpc) is 3.12. The first-order valence-corrected chi connectivity index (χ1v) is 7.19. The molecule has 0 spiro atoms. The second-order valence-corrected chi connectivity index (χ2v) is 5.51. The number of oxazole rings is 1. The summed E-state index contributed by atoms with van der Waals surface area (Å²) in [6.07, 6.45) is 1.77. The third kappa shape index (κ3) is 2.84. The molecule has 0 aliphatic carbocycles. The monoisotopic (exact) mass is 304 g/mol. The lowest BCUT2D eigenvalue weighted by molar-refractivity contribution is -0.384. The molecule has 21 heavy (non-hydrogen) atoms. The van der Waals surface area contributed by atoms with E-state index in [0.717, 1.165) is 5.01 Å². The topological polar surface area (TPSA) is 94.1 Å². The maximum atomic E-state index is 10.7. The zero-order chi connectivity index (χ0) is 14.8. The smallest absolute Gasteiger partial charge is 0.295 e. The number of fused-ring (bicyclic) bond motifs is 1. The van der Waals surface area contributed by atoms with Gasteiger partial charge in [-0.3, -0.25) is 10.1 Å². The van der Waals surface area contributed by atoms with Gasteiger partial charge in [-0.15, -0.1) is 11.3 Å². The largest absolute Gasteiger partial charge is 0.423 e. The molecule has 0 saturated heterocycles. The Kier molecular flexibility index (Phi) is 3.53. The van der Waals surface area contributed by atoms with Crippen molar-refractivity contribution in [1.82, 2.24) is 9.97 Å². The number of nitro groups is 1. The molecule has 0 aliphatic heterocycles. The molecule has 0 bridgehead atoms. The molecule has 0 amide bonds. The van der Waals surface area contributed by atoms with Crippen LogP contribution in [0.4, 0.5) is 11.7 Å². The van der Waals surface area contributed by atoms with Crippen molar-refractivity contribution in [2.45, 2.75) is 12.8 Å². The van der Waals surface area contributed by atoms with Gasteiger partial charge in [0.25, 0.3) is 11.7 Å². The van der Waals surface area contributed by atoms with Gasteiger partial charge >= 0.3 is 0 Å². The molecule has 0 radical (unpaired) electrons. The Balaban J connectivity index is 1.74. The van der Waals surface area contributed by atoms with Crippen molar-refractivity contribution in [3.63, 3.8) is 0 Å². The van der Waals surface area contributed by atoms with Gasteiger partial charge in [-0.1, -0.05) is 6.92 Å². The van der Waals surface area contributed by atoms with Crippen LogP contribution in [0.2, 0.25) is 0 Å². The van der Waals surface area contributed by atoms with Gasteiger partial charge in [-0.2, -0.15) is 4.98 Å². The molecule has 3 rings (SSSR count). The highest BCUT2D eigenvalue weighted by Gasteiger charge is 2.13. The van der Waals surface area contributed by atoms with E-state index in [1.54, 1.807) is 23.6 Å². The van der Waals surface area contributed by atoms with Crippen molar-refractivity contribution in [2.24, 2.45) is 0 Å². The third-order valence-electron chi connectivity index (χ3n) is 3.02.